The van der Waals surface area contributed by atoms with Crippen molar-refractivity contribution < 1.29 is 17.6 Å². The number of nitrogen functional groups attached to an aromatic ring is 1. The zero-order valence-corrected chi connectivity index (χ0v) is 11.8. The van der Waals surface area contributed by atoms with Crippen LogP contribution in [0.4, 0.5) is 10.1 Å². The first-order chi connectivity index (χ1) is 9.29. The van der Waals surface area contributed by atoms with Crippen LogP contribution in [0.5, 0.6) is 0 Å². The van der Waals surface area contributed by atoms with Crippen molar-refractivity contribution in [2.75, 3.05) is 19.3 Å². The first kappa shape index (κ1) is 14.7. The summed E-state index contributed by atoms with van der Waals surface area (Å²) in [6.07, 6.45) is 0.674. The molecule has 2 rings (SSSR count). The summed E-state index contributed by atoms with van der Waals surface area (Å²) in [6, 6.07) is 3.00. The Morgan fingerprint density at radius 3 is 2.75 bits per heavy atom. The summed E-state index contributed by atoms with van der Waals surface area (Å²) in [4.78, 5) is 12.4. The van der Waals surface area contributed by atoms with Gasteiger partial charge >= 0.3 is 0 Å². The van der Waals surface area contributed by atoms with E-state index in [1.54, 1.807) is 7.05 Å². The predicted molar refractivity (Wildman–Crippen MR) is 71.8 cm³/mol. The Labute approximate surface area is 116 Å². The van der Waals surface area contributed by atoms with E-state index < -0.39 is 26.8 Å². The number of carbonyl (C=O) groups is 1. The summed E-state index contributed by atoms with van der Waals surface area (Å²) in [5.41, 5.74) is 5.55. The average molecular weight is 301 g/mol. The third kappa shape index (κ3) is 3.07. The Hall–Kier alpha value is -1.67. The fourth-order valence-corrected chi connectivity index (χ4v) is 3.45. The van der Waals surface area contributed by atoms with Gasteiger partial charge in [0.25, 0.3) is 0 Å². The quantitative estimate of drug-likeness (QED) is 0.786. The van der Waals surface area contributed by atoms with Gasteiger partial charge < -0.3 is 10.6 Å². The van der Waals surface area contributed by atoms with Gasteiger partial charge in [-0.25, -0.2) is 17.5 Å². The number of nitrogens with one attached hydrogen (secondary N) is 1. The molecular weight excluding hydrogens is 285 g/mol. The van der Waals surface area contributed by atoms with Gasteiger partial charge in [-0.3, -0.25) is 4.79 Å². The SMILES string of the molecule is CN1CC(NS(=O)(=O)c2ccc(N)cc2F)CCC1=O. The molecule has 0 saturated carbocycles. The maximum Gasteiger partial charge on any atom is 0.243 e. The molecule has 1 amide bonds. The van der Waals surface area contributed by atoms with E-state index in [-0.39, 0.29) is 24.6 Å². The van der Waals surface area contributed by atoms with Crippen LogP contribution in [0.3, 0.4) is 0 Å². The van der Waals surface area contributed by atoms with E-state index in [4.69, 9.17) is 5.73 Å². The Morgan fingerprint density at radius 1 is 1.45 bits per heavy atom. The number of piperidine rings is 1. The fourth-order valence-electron chi connectivity index (χ4n) is 2.13. The largest absolute Gasteiger partial charge is 0.399 e. The van der Waals surface area contributed by atoms with Gasteiger partial charge in [0.2, 0.25) is 15.9 Å². The van der Waals surface area contributed by atoms with Crippen molar-refractivity contribution in [1.29, 1.82) is 0 Å². The first-order valence-electron chi connectivity index (χ1n) is 6.11. The zero-order valence-electron chi connectivity index (χ0n) is 11.0. The number of halogens is 1. The summed E-state index contributed by atoms with van der Waals surface area (Å²) < 4.78 is 40.3. The Balaban J connectivity index is 2.17. The van der Waals surface area contributed by atoms with Crippen LogP contribution in [0, 0.1) is 5.82 Å². The first-order valence-corrected chi connectivity index (χ1v) is 7.59. The number of anilines is 1. The Kier molecular flexibility index (Phi) is 3.96. The van der Waals surface area contributed by atoms with Gasteiger partial charge in [-0.2, -0.15) is 0 Å². The molecule has 1 aliphatic rings. The molecule has 8 heteroatoms. The third-order valence-electron chi connectivity index (χ3n) is 3.19. The molecule has 1 atom stereocenters. The number of carbonyl (C=O) groups excluding carboxylic acids is 1. The van der Waals surface area contributed by atoms with Crippen molar-refractivity contribution in [2.45, 2.75) is 23.8 Å². The average Bonchev–Trinajstić information content (AvgIpc) is 2.33. The predicted octanol–water partition coefficient (Wildman–Crippen LogP) is 0.307. The minimum Gasteiger partial charge on any atom is -0.399 e. The number of benzene rings is 1. The molecular formula is C12H16FN3O3S. The highest BCUT2D eigenvalue weighted by molar-refractivity contribution is 7.89. The molecule has 20 heavy (non-hydrogen) atoms. The normalized spacial score (nSPS) is 20.2. The van der Waals surface area contributed by atoms with E-state index in [0.717, 1.165) is 12.1 Å². The van der Waals surface area contributed by atoms with Gasteiger partial charge in [0, 0.05) is 31.7 Å². The van der Waals surface area contributed by atoms with Crippen LogP contribution in [-0.2, 0) is 14.8 Å². The van der Waals surface area contributed by atoms with Gasteiger partial charge in [-0.1, -0.05) is 0 Å². The minimum atomic E-state index is -3.97. The molecule has 1 aromatic rings. The van der Waals surface area contributed by atoms with Crippen LogP contribution in [0.25, 0.3) is 0 Å². The van der Waals surface area contributed by atoms with Gasteiger partial charge in [0.05, 0.1) is 0 Å². The second-order valence-electron chi connectivity index (χ2n) is 4.82. The highest BCUT2D eigenvalue weighted by atomic mass is 32.2. The van der Waals surface area contributed by atoms with Crippen molar-refractivity contribution in [3.8, 4) is 0 Å². The van der Waals surface area contributed by atoms with Crippen molar-refractivity contribution in [3.63, 3.8) is 0 Å². The van der Waals surface area contributed by atoms with Gasteiger partial charge in [-0.05, 0) is 24.6 Å². The van der Waals surface area contributed by atoms with E-state index in [0.29, 0.717) is 6.42 Å². The second kappa shape index (κ2) is 5.37. The summed E-state index contributed by atoms with van der Waals surface area (Å²) in [6.45, 7) is 0.272. The van der Waals surface area contributed by atoms with Crippen molar-refractivity contribution >= 4 is 21.6 Å². The molecule has 1 aliphatic heterocycles. The van der Waals surface area contributed by atoms with Gasteiger partial charge in [0.1, 0.15) is 10.7 Å². The molecule has 1 aromatic carbocycles. The number of nitrogens with zero attached hydrogens (tertiary/aromatic N) is 1. The topological polar surface area (TPSA) is 92.5 Å². The van der Waals surface area contributed by atoms with E-state index in [2.05, 4.69) is 4.72 Å². The molecule has 1 fully saturated rings. The van der Waals surface area contributed by atoms with Crippen molar-refractivity contribution in [2.24, 2.45) is 0 Å². The molecule has 110 valence electrons. The van der Waals surface area contributed by atoms with Crippen molar-refractivity contribution in [3.05, 3.63) is 24.0 Å². The molecule has 0 bridgehead atoms. The Bertz CT molecular complexity index is 633. The summed E-state index contributed by atoms with van der Waals surface area (Å²) in [5, 5.41) is 0. The third-order valence-corrected chi connectivity index (χ3v) is 4.75. The van der Waals surface area contributed by atoms with E-state index >= 15 is 0 Å². The summed E-state index contributed by atoms with van der Waals surface area (Å²) >= 11 is 0. The number of nitrogens with two attached hydrogens (primary N) is 1. The number of sulfonamides is 1. The van der Waals surface area contributed by atoms with Crippen LogP contribution in [-0.4, -0.2) is 38.9 Å². The molecule has 0 aromatic heterocycles. The maximum absolute atomic E-state index is 13.7. The number of hydrogen-bond acceptors (Lipinski definition) is 4. The second-order valence-corrected chi connectivity index (χ2v) is 6.50. The number of amides is 1. The Morgan fingerprint density at radius 2 is 2.15 bits per heavy atom. The van der Waals surface area contributed by atoms with Gasteiger partial charge in [0.15, 0.2) is 0 Å². The lowest BCUT2D eigenvalue weighted by Gasteiger charge is -2.29. The minimum absolute atomic E-state index is 0.0286. The summed E-state index contributed by atoms with van der Waals surface area (Å²) in [7, 11) is -2.36. The molecule has 0 aliphatic carbocycles. The van der Waals surface area contributed by atoms with Crippen LogP contribution in [0.2, 0.25) is 0 Å². The van der Waals surface area contributed by atoms with Crippen molar-refractivity contribution in [1.82, 2.24) is 9.62 Å². The van der Waals surface area contributed by atoms with Gasteiger partial charge in [-0.15, -0.1) is 0 Å². The molecule has 1 saturated heterocycles. The number of likely N-dealkylation sites (tertiary alicyclic amines) is 1. The lowest BCUT2D eigenvalue weighted by molar-refractivity contribution is -0.132. The number of likely N-dealkylation sites (N-methyl/N-ethyl adjacent to an activating group) is 1. The number of hydrogen-bond donors (Lipinski definition) is 2. The lowest BCUT2D eigenvalue weighted by Crippen LogP contribution is -2.48. The highest BCUT2D eigenvalue weighted by Gasteiger charge is 2.28. The van der Waals surface area contributed by atoms with Crippen LogP contribution < -0.4 is 10.5 Å². The monoisotopic (exact) mass is 301 g/mol. The molecule has 1 heterocycles. The van der Waals surface area contributed by atoms with E-state index in [9.17, 15) is 17.6 Å². The lowest BCUT2D eigenvalue weighted by atomic mass is 10.1. The molecule has 1 unspecified atom stereocenters. The maximum atomic E-state index is 13.7. The van der Waals surface area contributed by atoms with E-state index in [1.807, 2.05) is 0 Å². The molecule has 0 spiro atoms. The highest BCUT2D eigenvalue weighted by Crippen LogP contribution is 2.19. The number of rotatable bonds is 3. The van der Waals surface area contributed by atoms with Crippen LogP contribution in [0.1, 0.15) is 12.8 Å². The van der Waals surface area contributed by atoms with Crippen LogP contribution in [0.15, 0.2) is 23.1 Å². The molecule has 0 radical (unpaired) electrons. The smallest absolute Gasteiger partial charge is 0.243 e. The van der Waals surface area contributed by atoms with E-state index in [1.165, 1.54) is 11.0 Å². The standard InChI is InChI=1S/C12H16FN3O3S/c1-16-7-9(3-5-12(16)17)15-20(18,19)11-4-2-8(14)6-10(11)13/h2,4,6,9,15H,3,5,7,14H2,1H3. The molecule has 3 N–H and O–H groups in total. The zero-order chi connectivity index (χ0) is 14.9. The summed E-state index contributed by atoms with van der Waals surface area (Å²) in [5.74, 6) is -0.920. The van der Waals surface area contributed by atoms with Crippen LogP contribution >= 0.6 is 0 Å². The molecule has 6 nitrogen and oxygen atoms in total. The fraction of sp³-hybridized carbons (Fsp3) is 0.417.